The number of hydrogen-bond acceptors (Lipinski definition) is 5. The maximum Gasteiger partial charge on any atom is 0.336 e. The zero-order valence-corrected chi connectivity index (χ0v) is 12.0. The van der Waals surface area contributed by atoms with Crippen LogP contribution in [-0.2, 0) is 9.53 Å². The smallest absolute Gasteiger partial charge is 0.336 e. The SMILES string of the molecule is C=C(COc1cc(Cl)c(Cl)cc1[N+](=O)[O-])C(=O)OCC. The van der Waals surface area contributed by atoms with Gasteiger partial charge in [0.1, 0.15) is 6.61 Å². The molecule has 1 aromatic carbocycles. The van der Waals surface area contributed by atoms with E-state index in [0.717, 1.165) is 6.07 Å². The lowest BCUT2D eigenvalue weighted by molar-refractivity contribution is -0.385. The van der Waals surface area contributed by atoms with Crippen LogP contribution in [0.1, 0.15) is 6.92 Å². The third kappa shape index (κ3) is 4.11. The number of benzene rings is 1. The summed E-state index contributed by atoms with van der Waals surface area (Å²) in [6.45, 7) is 5.07. The molecule has 1 rings (SSSR count). The van der Waals surface area contributed by atoms with Gasteiger partial charge < -0.3 is 9.47 Å². The van der Waals surface area contributed by atoms with Crippen LogP contribution in [0.4, 0.5) is 5.69 Å². The molecule has 0 heterocycles. The van der Waals surface area contributed by atoms with Crippen LogP contribution >= 0.6 is 23.2 Å². The normalized spacial score (nSPS) is 9.95. The molecule has 0 aliphatic carbocycles. The molecule has 0 aliphatic rings. The molecule has 6 nitrogen and oxygen atoms in total. The summed E-state index contributed by atoms with van der Waals surface area (Å²) >= 11 is 11.5. The van der Waals surface area contributed by atoms with Crippen molar-refractivity contribution in [2.45, 2.75) is 6.92 Å². The largest absolute Gasteiger partial charge is 0.482 e. The Morgan fingerprint density at radius 1 is 1.40 bits per heavy atom. The van der Waals surface area contributed by atoms with Crippen LogP contribution in [0, 0.1) is 10.1 Å². The second kappa shape index (κ2) is 7.12. The Balaban J connectivity index is 2.87. The first-order valence-electron chi connectivity index (χ1n) is 5.48. The number of nitrogens with zero attached hydrogens (tertiary/aromatic N) is 1. The lowest BCUT2D eigenvalue weighted by Crippen LogP contribution is -2.13. The highest BCUT2D eigenvalue weighted by molar-refractivity contribution is 6.42. The number of nitro groups is 1. The molecule has 0 amide bonds. The Hall–Kier alpha value is -1.79. The van der Waals surface area contributed by atoms with E-state index in [-0.39, 0.29) is 40.3 Å². The average Bonchev–Trinajstić information content (AvgIpc) is 2.39. The first-order valence-corrected chi connectivity index (χ1v) is 6.23. The molecule has 0 aliphatic heterocycles. The molecule has 0 radical (unpaired) electrons. The molecule has 0 fully saturated rings. The van der Waals surface area contributed by atoms with Gasteiger partial charge >= 0.3 is 11.7 Å². The molecule has 0 atom stereocenters. The summed E-state index contributed by atoms with van der Waals surface area (Å²) < 4.78 is 9.89. The van der Waals surface area contributed by atoms with Gasteiger partial charge in [0.2, 0.25) is 0 Å². The molecule has 8 heteroatoms. The minimum absolute atomic E-state index is 0.0345. The summed E-state index contributed by atoms with van der Waals surface area (Å²) in [6.07, 6.45) is 0. The van der Waals surface area contributed by atoms with E-state index in [9.17, 15) is 14.9 Å². The van der Waals surface area contributed by atoms with Crippen LogP contribution < -0.4 is 4.74 Å². The Morgan fingerprint density at radius 3 is 2.55 bits per heavy atom. The highest BCUT2D eigenvalue weighted by atomic mass is 35.5. The molecular weight excluding hydrogens is 309 g/mol. The summed E-state index contributed by atoms with van der Waals surface area (Å²) in [5, 5.41) is 11.0. The van der Waals surface area contributed by atoms with Crippen LogP contribution in [0.25, 0.3) is 0 Å². The van der Waals surface area contributed by atoms with Crippen molar-refractivity contribution in [2.24, 2.45) is 0 Å². The highest BCUT2D eigenvalue weighted by Crippen LogP contribution is 2.35. The van der Waals surface area contributed by atoms with Crippen LogP contribution in [0.5, 0.6) is 5.75 Å². The number of ether oxygens (including phenoxy) is 2. The molecule has 20 heavy (non-hydrogen) atoms. The average molecular weight is 320 g/mol. The van der Waals surface area contributed by atoms with Crippen LogP contribution in [0.2, 0.25) is 10.0 Å². The molecule has 0 saturated carbocycles. The Morgan fingerprint density at radius 2 is 2.00 bits per heavy atom. The second-order valence-electron chi connectivity index (χ2n) is 3.60. The topological polar surface area (TPSA) is 78.7 Å². The minimum Gasteiger partial charge on any atom is -0.482 e. The fourth-order valence-corrected chi connectivity index (χ4v) is 1.54. The Bertz CT molecular complexity index is 559. The van der Waals surface area contributed by atoms with E-state index in [1.54, 1.807) is 6.92 Å². The predicted octanol–water partition coefficient (Wildman–Crippen LogP) is 3.40. The van der Waals surface area contributed by atoms with Crippen LogP contribution in [0.15, 0.2) is 24.3 Å². The summed E-state index contributed by atoms with van der Waals surface area (Å²) in [5.74, 6) is -0.731. The monoisotopic (exact) mass is 319 g/mol. The van der Waals surface area contributed by atoms with E-state index in [0.29, 0.717) is 0 Å². The van der Waals surface area contributed by atoms with Crippen molar-refractivity contribution in [3.05, 3.63) is 44.4 Å². The van der Waals surface area contributed by atoms with Crippen LogP contribution in [0.3, 0.4) is 0 Å². The minimum atomic E-state index is -0.662. The van der Waals surface area contributed by atoms with Crippen molar-refractivity contribution in [1.29, 1.82) is 0 Å². The molecule has 0 N–H and O–H groups in total. The predicted molar refractivity (Wildman–Crippen MR) is 74.4 cm³/mol. The van der Waals surface area contributed by atoms with Crippen molar-refractivity contribution < 1.29 is 19.2 Å². The van der Waals surface area contributed by atoms with E-state index < -0.39 is 10.9 Å². The molecular formula is C12H11Cl2NO5. The van der Waals surface area contributed by atoms with E-state index in [2.05, 4.69) is 6.58 Å². The van der Waals surface area contributed by atoms with Gasteiger partial charge in [-0.05, 0) is 6.92 Å². The molecule has 1 aromatic rings. The lowest BCUT2D eigenvalue weighted by Gasteiger charge is -2.09. The lowest BCUT2D eigenvalue weighted by atomic mass is 10.3. The number of carbonyl (C=O) groups is 1. The van der Waals surface area contributed by atoms with Crippen molar-refractivity contribution in [3.63, 3.8) is 0 Å². The fraction of sp³-hybridized carbons (Fsp3) is 0.250. The summed E-state index contributed by atoms with van der Waals surface area (Å²) in [5.41, 5.74) is -0.316. The molecule has 0 bridgehead atoms. The van der Waals surface area contributed by atoms with Crippen molar-refractivity contribution in [2.75, 3.05) is 13.2 Å². The second-order valence-corrected chi connectivity index (χ2v) is 4.42. The fourth-order valence-electron chi connectivity index (χ4n) is 1.23. The standard InChI is InChI=1S/C12H11Cl2NO5/c1-3-19-12(16)7(2)6-20-11-5-9(14)8(13)4-10(11)15(17)18/h4-5H,2-3,6H2,1H3. The quantitative estimate of drug-likeness (QED) is 0.347. The summed E-state index contributed by atoms with van der Waals surface area (Å²) in [6, 6.07) is 2.28. The van der Waals surface area contributed by atoms with Gasteiger partial charge in [-0.15, -0.1) is 0 Å². The van der Waals surface area contributed by atoms with Gasteiger partial charge in [0.25, 0.3) is 0 Å². The van der Waals surface area contributed by atoms with Gasteiger partial charge in [-0.1, -0.05) is 29.8 Å². The van der Waals surface area contributed by atoms with Crippen molar-refractivity contribution in [1.82, 2.24) is 0 Å². The molecule has 0 unspecified atom stereocenters. The molecule has 0 aromatic heterocycles. The zero-order valence-electron chi connectivity index (χ0n) is 10.5. The molecule has 0 spiro atoms. The number of halogens is 2. The van der Waals surface area contributed by atoms with Gasteiger partial charge in [0.05, 0.1) is 27.1 Å². The van der Waals surface area contributed by atoms with E-state index in [4.69, 9.17) is 32.7 Å². The summed E-state index contributed by atoms with van der Waals surface area (Å²) in [4.78, 5) is 21.5. The summed E-state index contributed by atoms with van der Waals surface area (Å²) in [7, 11) is 0. The van der Waals surface area contributed by atoms with E-state index in [1.165, 1.54) is 6.07 Å². The first-order chi connectivity index (χ1) is 9.36. The van der Waals surface area contributed by atoms with Gasteiger partial charge in [0.15, 0.2) is 5.75 Å². The number of esters is 1. The van der Waals surface area contributed by atoms with Gasteiger partial charge in [0, 0.05) is 12.1 Å². The van der Waals surface area contributed by atoms with E-state index in [1.807, 2.05) is 0 Å². The maximum absolute atomic E-state index is 11.3. The highest BCUT2D eigenvalue weighted by Gasteiger charge is 2.19. The Labute approximate surface area is 125 Å². The van der Waals surface area contributed by atoms with Crippen LogP contribution in [-0.4, -0.2) is 24.1 Å². The third-order valence-corrected chi connectivity index (χ3v) is 2.89. The van der Waals surface area contributed by atoms with Gasteiger partial charge in [-0.3, -0.25) is 10.1 Å². The first kappa shape index (κ1) is 16.3. The number of rotatable bonds is 6. The third-order valence-electron chi connectivity index (χ3n) is 2.16. The van der Waals surface area contributed by atoms with Crippen molar-refractivity contribution in [3.8, 4) is 5.75 Å². The van der Waals surface area contributed by atoms with Gasteiger partial charge in [-0.25, -0.2) is 4.79 Å². The molecule has 108 valence electrons. The maximum atomic E-state index is 11.3. The van der Waals surface area contributed by atoms with Gasteiger partial charge in [-0.2, -0.15) is 0 Å². The number of carbonyl (C=O) groups excluding carboxylic acids is 1. The van der Waals surface area contributed by atoms with Crippen molar-refractivity contribution >= 4 is 34.9 Å². The molecule has 0 saturated heterocycles. The van der Waals surface area contributed by atoms with E-state index >= 15 is 0 Å². The number of hydrogen-bond donors (Lipinski definition) is 0. The number of nitro benzene ring substituents is 1. The Kier molecular flexibility index (Phi) is 5.79. The zero-order chi connectivity index (χ0) is 15.3.